The van der Waals surface area contributed by atoms with Crippen molar-refractivity contribution in [2.45, 2.75) is 424 Å². The lowest BCUT2D eigenvalue weighted by Gasteiger charge is -2.20. The Labute approximate surface area is 501 Å². The summed E-state index contributed by atoms with van der Waals surface area (Å²) in [5.41, 5.74) is 0. The maximum absolute atomic E-state index is 12.5. The van der Waals surface area contributed by atoms with Crippen molar-refractivity contribution in [3.8, 4) is 0 Å². The number of unbranched alkanes of at least 4 members (excludes halogenated alkanes) is 56. The van der Waals surface area contributed by atoms with E-state index in [4.69, 9.17) is 4.74 Å². The zero-order valence-electron chi connectivity index (χ0n) is 54.3. The molecule has 0 fully saturated rings. The number of aliphatic hydroxyl groups excluding tert-OH is 2. The van der Waals surface area contributed by atoms with Crippen molar-refractivity contribution in [2.24, 2.45) is 0 Å². The van der Waals surface area contributed by atoms with E-state index in [0.717, 1.165) is 44.9 Å². The maximum Gasteiger partial charge on any atom is 0.305 e. The lowest BCUT2D eigenvalue weighted by atomic mass is 10.0. The molecule has 0 aromatic carbocycles. The quantitative estimate of drug-likeness (QED) is 0.0320. The third kappa shape index (κ3) is 65.5. The highest BCUT2D eigenvalue weighted by Crippen LogP contribution is 2.19. The van der Waals surface area contributed by atoms with Crippen LogP contribution in [0, 0.1) is 0 Å². The molecule has 0 radical (unpaired) electrons. The van der Waals surface area contributed by atoms with Crippen molar-refractivity contribution in [2.75, 3.05) is 13.2 Å². The number of rotatable bonds is 69. The summed E-state index contributed by atoms with van der Waals surface area (Å²) in [6.07, 6.45) is 88.4. The first-order valence-corrected chi connectivity index (χ1v) is 36.6. The first-order valence-electron chi connectivity index (χ1n) is 36.6. The molecule has 1 amide bonds. The van der Waals surface area contributed by atoms with E-state index in [1.165, 1.54) is 340 Å². The van der Waals surface area contributed by atoms with Gasteiger partial charge in [-0.1, -0.05) is 366 Å². The van der Waals surface area contributed by atoms with Crippen molar-refractivity contribution < 1.29 is 24.5 Å². The van der Waals surface area contributed by atoms with Gasteiger partial charge < -0.3 is 20.3 Å². The molecule has 0 bridgehead atoms. The predicted octanol–water partition coefficient (Wildman–Crippen LogP) is 23.7. The van der Waals surface area contributed by atoms with Crippen LogP contribution in [0.2, 0.25) is 0 Å². The fourth-order valence-electron chi connectivity index (χ4n) is 11.6. The minimum Gasteiger partial charge on any atom is -0.466 e. The van der Waals surface area contributed by atoms with Crippen LogP contribution in [0.15, 0.2) is 24.3 Å². The Morgan fingerprint density at radius 2 is 0.588 bits per heavy atom. The molecule has 0 spiro atoms. The van der Waals surface area contributed by atoms with Gasteiger partial charge in [-0.3, -0.25) is 9.59 Å². The molecule has 0 aliphatic heterocycles. The van der Waals surface area contributed by atoms with Gasteiger partial charge >= 0.3 is 5.97 Å². The van der Waals surface area contributed by atoms with Crippen LogP contribution in [0.3, 0.4) is 0 Å². The lowest BCUT2D eigenvalue weighted by Crippen LogP contribution is -2.45. The maximum atomic E-state index is 12.5. The fourth-order valence-corrected chi connectivity index (χ4v) is 11.6. The molecular formula is C74H143NO5. The van der Waals surface area contributed by atoms with Crippen LogP contribution in [0.1, 0.15) is 412 Å². The van der Waals surface area contributed by atoms with E-state index in [1.54, 1.807) is 6.08 Å². The highest BCUT2D eigenvalue weighted by Gasteiger charge is 2.18. The van der Waals surface area contributed by atoms with Crippen molar-refractivity contribution >= 4 is 11.9 Å². The SMILES string of the molecule is CCCCCCCC/C=C\CCCCCCCC(=O)OCCCCCCCCCCCCCCCCCCCCCCCCCCCCCCC(=O)NC(CO)C(O)/C=C/CCCCCCCCCCCCCCCCCCCC. The number of hydrogen-bond acceptors (Lipinski definition) is 5. The minimum atomic E-state index is -0.843. The van der Waals surface area contributed by atoms with Gasteiger partial charge in [0.05, 0.1) is 25.4 Å². The van der Waals surface area contributed by atoms with Gasteiger partial charge in [-0.25, -0.2) is 0 Å². The van der Waals surface area contributed by atoms with Crippen molar-refractivity contribution in [1.82, 2.24) is 5.32 Å². The van der Waals surface area contributed by atoms with Crippen LogP contribution in [-0.2, 0) is 14.3 Å². The van der Waals surface area contributed by atoms with Gasteiger partial charge in [0.2, 0.25) is 5.91 Å². The zero-order valence-corrected chi connectivity index (χ0v) is 54.3. The van der Waals surface area contributed by atoms with Crippen molar-refractivity contribution in [1.29, 1.82) is 0 Å². The zero-order chi connectivity index (χ0) is 57.8. The number of nitrogens with one attached hydrogen (secondary N) is 1. The standard InChI is InChI=1S/C74H143NO5/c1-3-5-7-9-11-13-15-17-19-20-21-32-35-39-42-46-50-54-58-62-66-72(77)71(70-76)75-73(78)67-63-59-55-51-47-43-40-36-33-30-28-26-24-22-23-25-27-29-31-34-37-41-45-49-53-57-61-65-69-80-74(79)68-64-60-56-52-48-44-38-18-16-14-12-10-8-6-4-2/h18,38,62,66,71-72,76-77H,3-17,19-37,39-61,63-65,67-70H2,1-2H3,(H,75,78)/b38-18-,66-62+. The molecule has 0 aromatic heterocycles. The number of hydrogen-bond donors (Lipinski definition) is 3. The topological polar surface area (TPSA) is 95.9 Å². The Morgan fingerprint density at radius 3 is 0.887 bits per heavy atom. The highest BCUT2D eigenvalue weighted by molar-refractivity contribution is 5.76. The molecule has 6 heteroatoms. The summed E-state index contributed by atoms with van der Waals surface area (Å²) in [5.74, 6) is -0.0494. The average molecular weight is 1130 g/mol. The van der Waals surface area contributed by atoms with Crippen LogP contribution in [-0.4, -0.2) is 47.4 Å². The molecule has 0 rings (SSSR count). The second kappa shape index (κ2) is 69.8. The van der Waals surface area contributed by atoms with Gasteiger partial charge in [0.1, 0.15) is 0 Å². The molecule has 2 unspecified atom stereocenters. The van der Waals surface area contributed by atoms with E-state index in [2.05, 4.69) is 31.3 Å². The average Bonchev–Trinajstić information content (AvgIpc) is 3.46. The number of esters is 1. The summed E-state index contributed by atoms with van der Waals surface area (Å²) in [4.78, 5) is 24.6. The van der Waals surface area contributed by atoms with Crippen LogP contribution >= 0.6 is 0 Å². The smallest absolute Gasteiger partial charge is 0.305 e. The number of ether oxygens (including phenoxy) is 1. The largest absolute Gasteiger partial charge is 0.466 e. The molecule has 0 heterocycles. The van der Waals surface area contributed by atoms with Gasteiger partial charge in [0, 0.05) is 12.8 Å². The normalized spacial score (nSPS) is 12.6. The van der Waals surface area contributed by atoms with Gasteiger partial charge in [0.15, 0.2) is 0 Å². The van der Waals surface area contributed by atoms with Crippen LogP contribution in [0.4, 0.5) is 0 Å². The van der Waals surface area contributed by atoms with E-state index in [1.807, 2.05) is 6.08 Å². The Balaban J connectivity index is 3.37. The summed E-state index contributed by atoms with van der Waals surface area (Å²) in [6.45, 7) is 4.94. The first-order chi connectivity index (χ1) is 39.5. The molecule has 80 heavy (non-hydrogen) atoms. The van der Waals surface area contributed by atoms with Crippen LogP contribution in [0.25, 0.3) is 0 Å². The summed E-state index contributed by atoms with van der Waals surface area (Å²) in [6, 6.07) is -0.626. The van der Waals surface area contributed by atoms with E-state index >= 15 is 0 Å². The van der Waals surface area contributed by atoms with E-state index in [0.29, 0.717) is 19.4 Å². The van der Waals surface area contributed by atoms with Gasteiger partial charge in [-0.2, -0.15) is 0 Å². The fraction of sp³-hybridized carbons (Fsp3) is 0.919. The highest BCUT2D eigenvalue weighted by atomic mass is 16.5. The summed E-state index contributed by atoms with van der Waals surface area (Å²) in [7, 11) is 0. The van der Waals surface area contributed by atoms with Crippen LogP contribution in [0.5, 0.6) is 0 Å². The molecule has 0 aliphatic rings. The van der Waals surface area contributed by atoms with Gasteiger partial charge in [-0.05, 0) is 57.8 Å². The molecule has 0 saturated heterocycles. The monoisotopic (exact) mass is 1130 g/mol. The summed E-state index contributed by atoms with van der Waals surface area (Å²) in [5, 5.41) is 23.3. The van der Waals surface area contributed by atoms with Gasteiger partial charge in [-0.15, -0.1) is 0 Å². The first kappa shape index (κ1) is 78.3. The number of amides is 1. The summed E-state index contributed by atoms with van der Waals surface area (Å²) < 4.78 is 5.49. The third-order valence-electron chi connectivity index (χ3n) is 17.2. The Morgan fingerprint density at radius 1 is 0.338 bits per heavy atom. The van der Waals surface area contributed by atoms with Crippen molar-refractivity contribution in [3.63, 3.8) is 0 Å². The summed E-state index contributed by atoms with van der Waals surface area (Å²) >= 11 is 0. The molecule has 6 nitrogen and oxygen atoms in total. The number of aliphatic hydroxyl groups is 2. The molecule has 0 aromatic rings. The number of allylic oxidation sites excluding steroid dienone is 3. The number of carbonyl (C=O) groups is 2. The predicted molar refractivity (Wildman–Crippen MR) is 352 cm³/mol. The Kier molecular flexibility index (Phi) is 68.4. The second-order valence-corrected chi connectivity index (χ2v) is 25.3. The Bertz CT molecular complexity index is 1250. The minimum absolute atomic E-state index is 0.0113. The Hall–Kier alpha value is -1.66. The van der Waals surface area contributed by atoms with E-state index in [-0.39, 0.29) is 18.5 Å². The van der Waals surface area contributed by atoms with Gasteiger partial charge in [0.25, 0.3) is 0 Å². The van der Waals surface area contributed by atoms with E-state index < -0.39 is 12.1 Å². The second-order valence-electron chi connectivity index (χ2n) is 25.3. The molecule has 0 saturated carbocycles. The molecule has 0 aliphatic carbocycles. The lowest BCUT2D eigenvalue weighted by molar-refractivity contribution is -0.143. The molecule has 3 N–H and O–H groups in total. The number of carbonyl (C=O) groups excluding carboxylic acids is 2. The van der Waals surface area contributed by atoms with Crippen molar-refractivity contribution in [3.05, 3.63) is 24.3 Å². The van der Waals surface area contributed by atoms with Crippen LogP contribution < -0.4 is 5.32 Å². The van der Waals surface area contributed by atoms with E-state index in [9.17, 15) is 19.8 Å². The third-order valence-corrected chi connectivity index (χ3v) is 17.2. The molecule has 474 valence electrons. The molecule has 2 atom stereocenters. The molecular weight excluding hydrogens is 983 g/mol.